The van der Waals surface area contributed by atoms with E-state index in [0.29, 0.717) is 13.1 Å². The van der Waals surface area contributed by atoms with Gasteiger partial charge in [-0.1, -0.05) is 20.8 Å². The first kappa shape index (κ1) is 25.3. The number of fused-ring (bicyclic) bond motifs is 1. The predicted octanol–water partition coefficient (Wildman–Crippen LogP) is 0.517. The lowest BCUT2D eigenvalue weighted by Crippen LogP contribution is -2.40. The second-order valence-corrected chi connectivity index (χ2v) is 8.76. The second kappa shape index (κ2) is 11.6. The van der Waals surface area contributed by atoms with Crippen LogP contribution in [0, 0.1) is 17.3 Å². The fraction of sp³-hybridized carbons (Fsp3) is 0.773. The molecule has 0 bridgehead atoms. The van der Waals surface area contributed by atoms with E-state index in [2.05, 4.69) is 15.7 Å². The maximum atomic E-state index is 12.6. The van der Waals surface area contributed by atoms with Gasteiger partial charge in [-0.05, 0) is 37.0 Å². The molecule has 31 heavy (non-hydrogen) atoms. The molecule has 9 heteroatoms. The average Bonchev–Trinajstić information content (AvgIpc) is 3.06. The van der Waals surface area contributed by atoms with Crippen molar-refractivity contribution < 1.29 is 24.5 Å². The maximum Gasteiger partial charge on any atom is 0.255 e. The first-order chi connectivity index (χ1) is 14.8. The van der Waals surface area contributed by atoms with Crippen LogP contribution in [0.4, 0.5) is 0 Å². The molecule has 1 aromatic rings. The van der Waals surface area contributed by atoms with Crippen LogP contribution in [0.5, 0.6) is 0 Å². The number of carbonyl (C=O) groups excluding carboxylic acids is 2. The minimum absolute atomic E-state index is 0.00289. The zero-order valence-corrected chi connectivity index (χ0v) is 19.2. The molecule has 1 aromatic heterocycles. The van der Waals surface area contributed by atoms with E-state index < -0.39 is 0 Å². The van der Waals surface area contributed by atoms with Crippen LogP contribution in [0.15, 0.2) is 0 Å². The van der Waals surface area contributed by atoms with E-state index in [0.717, 1.165) is 55.8 Å². The maximum absolute atomic E-state index is 12.6. The molecule has 2 amide bonds. The Morgan fingerprint density at radius 2 is 1.97 bits per heavy atom. The molecule has 0 radical (unpaired) electrons. The summed E-state index contributed by atoms with van der Waals surface area (Å²) in [6.07, 6.45) is 3.53. The van der Waals surface area contributed by atoms with Crippen molar-refractivity contribution in [1.29, 1.82) is 0 Å². The van der Waals surface area contributed by atoms with Gasteiger partial charge in [0, 0.05) is 40.0 Å². The largest absolute Gasteiger partial charge is 0.396 e. The number of hydrogen-bond donors (Lipinski definition) is 4. The van der Waals surface area contributed by atoms with Crippen LogP contribution >= 0.6 is 0 Å². The molecule has 3 rings (SSSR count). The van der Waals surface area contributed by atoms with Gasteiger partial charge in [0.2, 0.25) is 5.91 Å². The molecule has 0 aliphatic carbocycles. The molecular weight excluding hydrogens is 400 g/mol. The Bertz CT molecular complexity index is 743. The van der Waals surface area contributed by atoms with Gasteiger partial charge in [-0.3, -0.25) is 14.3 Å². The van der Waals surface area contributed by atoms with Crippen molar-refractivity contribution in [2.75, 3.05) is 40.0 Å². The predicted molar refractivity (Wildman–Crippen MR) is 117 cm³/mol. The molecule has 2 atom stereocenters. The summed E-state index contributed by atoms with van der Waals surface area (Å²) in [7, 11) is 1.55. The molecular formula is C22H38N4O5. The fourth-order valence-corrected chi connectivity index (χ4v) is 4.01. The van der Waals surface area contributed by atoms with Crippen LogP contribution in [-0.4, -0.2) is 71.8 Å². The van der Waals surface area contributed by atoms with E-state index in [1.54, 1.807) is 14.0 Å². The third kappa shape index (κ3) is 6.27. The number of aromatic nitrogens is 2. The summed E-state index contributed by atoms with van der Waals surface area (Å²) in [6.45, 7) is 8.62. The molecule has 0 saturated carbocycles. The molecule has 176 valence electrons. The number of aliphatic hydroxyl groups is 2. The summed E-state index contributed by atoms with van der Waals surface area (Å²) in [5.41, 5.74) is 2.75. The highest BCUT2D eigenvalue weighted by Crippen LogP contribution is 2.37. The van der Waals surface area contributed by atoms with Crippen molar-refractivity contribution in [3.63, 3.8) is 0 Å². The zero-order valence-electron chi connectivity index (χ0n) is 19.2. The van der Waals surface area contributed by atoms with Crippen LogP contribution in [0.2, 0.25) is 0 Å². The van der Waals surface area contributed by atoms with Gasteiger partial charge in [0.1, 0.15) is 0 Å². The van der Waals surface area contributed by atoms with Gasteiger partial charge in [0.15, 0.2) is 0 Å². The lowest BCUT2D eigenvalue weighted by Gasteiger charge is -2.36. The molecule has 0 aromatic carbocycles. The molecule has 2 aliphatic rings. The molecule has 1 saturated heterocycles. The van der Waals surface area contributed by atoms with Gasteiger partial charge in [-0.15, -0.1) is 0 Å². The second-order valence-electron chi connectivity index (χ2n) is 8.76. The van der Waals surface area contributed by atoms with E-state index in [4.69, 9.17) is 9.84 Å². The van der Waals surface area contributed by atoms with Crippen molar-refractivity contribution in [3.05, 3.63) is 17.0 Å². The number of aliphatic hydroxyl groups excluding tert-OH is 2. The highest BCUT2D eigenvalue weighted by molar-refractivity contribution is 5.97. The van der Waals surface area contributed by atoms with Gasteiger partial charge < -0.3 is 25.6 Å². The lowest BCUT2D eigenvalue weighted by molar-refractivity contribution is -0.125. The number of rotatable bonds is 6. The smallest absolute Gasteiger partial charge is 0.255 e. The molecule has 2 aliphatic heterocycles. The molecule has 0 unspecified atom stereocenters. The normalized spacial score (nSPS) is 19.4. The number of ether oxygens (including phenoxy) is 1. The summed E-state index contributed by atoms with van der Waals surface area (Å²) >= 11 is 0. The van der Waals surface area contributed by atoms with Crippen molar-refractivity contribution in [2.24, 2.45) is 17.3 Å². The van der Waals surface area contributed by atoms with Gasteiger partial charge in [0.25, 0.3) is 5.91 Å². The minimum Gasteiger partial charge on any atom is -0.396 e. The van der Waals surface area contributed by atoms with Crippen LogP contribution in [0.3, 0.4) is 0 Å². The molecule has 3 heterocycles. The SMILES string of the molecule is CCc1nn(C[C@@H](C)CO)c2c1C(=O)NCC1(CCOCC1)C2.CNC(=O)[C@@H](C)CO. The van der Waals surface area contributed by atoms with Gasteiger partial charge in [-0.25, -0.2) is 0 Å². The average molecular weight is 439 g/mol. The Hall–Kier alpha value is -1.97. The molecule has 1 fully saturated rings. The molecule has 9 nitrogen and oxygen atoms in total. The summed E-state index contributed by atoms with van der Waals surface area (Å²) in [5, 5.41) is 28.0. The van der Waals surface area contributed by atoms with E-state index in [1.807, 2.05) is 18.5 Å². The van der Waals surface area contributed by atoms with Gasteiger partial charge in [0.05, 0.1) is 29.5 Å². The zero-order chi connectivity index (χ0) is 23.0. The molecule has 1 spiro atoms. The monoisotopic (exact) mass is 438 g/mol. The van der Waals surface area contributed by atoms with E-state index in [-0.39, 0.29) is 42.3 Å². The van der Waals surface area contributed by atoms with E-state index in [1.165, 1.54) is 0 Å². The van der Waals surface area contributed by atoms with E-state index in [9.17, 15) is 14.7 Å². The Morgan fingerprint density at radius 3 is 2.48 bits per heavy atom. The van der Waals surface area contributed by atoms with Crippen LogP contribution < -0.4 is 10.6 Å². The topological polar surface area (TPSA) is 126 Å². The third-order valence-corrected chi connectivity index (χ3v) is 6.18. The van der Waals surface area contributed by atoms with E-state index >= 15 is 0 Å². The first-order valence-corrected chi connectivity index (χ1v) is 11.2. The first-order valence-electron chi connectivity index (χ1n) is 11.2. The highest BCUT2D eigenvalue weighted by Gasteiger charge is 2.39. The van der Waals surface area contributed by atoms with Crippen LogP contribution in [0.1, 0.15) is 55.4 Å². The fourth-order valence-electron chi connectivity index (χ4n) is 4.01. The quantitative estimate of drug-likeness (QED) is 0.513. The summed E-state index contributed by atoms with van der Waals surface area (Å²) in [4.78, 5) is 23.1. The Morgan fingerprint density at radius 1 is 1.29 bits per heavy atom. The number of nitrogens with one attached hydrogen (secondary N) is 2. The van der Waals surface area contributed by atoms with Crippen molar-refractivity contribution in [3.8, 4) is 0 Å². The number of nitrogens with zero attached hydrogens (tertiary/aromatic N) is 2. The Labute approximate surface area is 184 Å². The van der Waals surface area contributed by atoms with Crippen molar-refractivity contribution in [1.82, 2.24) is 20.4 Å². The van der Waals surface area contributed by atoms with Crippen molar-refractivity contribution >= 4 is 11.8 Å². The number of hydrogen-bond acceptors (Lipinski definition) is 6. The van der Waals surface area contributed by atoms with Crippen LogP contribution in [-0.2, 0) is 28.9 Å². The minimum atomic E-state index is -0.278. The highest BCUT2D eigenvalue weighted by atomic mass is 16.5. The number of amides is 2. The number of aryl methyl sites for hydroxylation is 1. The summed E-state index contributed by atoms with van der Waals surface area (Å²) in [5.74, 6) is -0.267. The lowest BCUT2D eigenvalue weighted by atomic mass is 9.76. The molecule has 4 N–H and O–H groups in total. The summed E-state index contributed by atoms with van der Waals surface area (Å²) in [6, 6.07) is 0. The standard InChI is InChI=1S/C17H27N3O3.C5H11NO2/c1-3-13-15-14(20(19-13)9-12(2)10-21)8-17(11-18-16(15)22)4-6-23-7-5-17;1-4(3-7)5(8)6-2/h12,21H,3-11H2,1-2H3,(H,18,22);4,7H,3H2,1-2H3,(H,6,8)/t12-;4-/m10/s1. The summed E-state index contributed by atoms with van der Waals surface area (Å²) < 4.78 is 7.49. The van der Waals surface area contributed by atoms with Gasteiger partial charge in [-0.2, -0.15) is 5.10 Å². The van der Waals surface area contributed by atoms with Gasteiger partial charge >= 0.3 is 0 Å². The Balaban J connectivity index is 0.000000366. The third-order valence-electron chi connectivity index (χ3n) is 6.18. The van der Waals surface area contributed by atoms with Crippen LogP contribution in [0.25, 0.3) is 0 Å². The number of carbonyl (C=O) groups is 2. The Kier molecular flexibility index (Phi) is 9.46. The van der Waals surface area contributed by atoms with Crippen molar-refractivity contribution in [2.45, 2.75) is 53.0 Å².